The predicted octanol–water partition coefficient (Wildman–Crippen LogP) is 2.71. The second-order valence-electron chi connectivity index (χ2n) is 4.33. The van der Waals surface area contributed by atoms with Crippen molar-refractivity contribution >= 4 is 0 Å². The largest absolute Gasteiger partial charge is 0.490 e. The summed E-state index contributed by atoms with van der Waals surface area (Å²) in [5.41, 5.74) is 1.15. The molecule has 0 heterocycles. The number of aliphatic hydroxyl groups excluding tert-OH is 1. The number of benzene rings is 1. The topological polar surface area (TPSA) is 29.5 Å². The van der Waals surface area contributed by atoms with E-state index in [1.165, 1.54) is 19.3 Å². The van der Waals surface area contributed by atoms with E-state index >= 15 is 0 Å². The highest BCUT2D eigenvalue weighted by atomic mass is 16.5. The van der Waals surface area contributed by atoms with Crippen molar-refractivity contribution in [1.29, 1.82) is 0 Å². The van der Waals surface area contributed by atoms with Crippen molar-refractivity contribution in [2.45, 2.75) is 38.2 Å². The van der Waals surface area contributed by atoms with Gasteiger partial charge in [0.1, 0.15) is 5.75 Å². The summed E-state index contributed by atoms with van der Waals surface area (Å²) in [6, 6.07) is 8.06. The normalized spacial score (nSPS) is 18.3. The van der Waals surface area contributed by atoms with Crippen molar-refractivity contribution in [3.05, 3.63) is 29.8 Å². The molecule has 15 heavy (non-hydrogen) atoms. The van der Waals surface area contributed by atoms with Crippen LogP contribution in [0.1, 0.15) is 37.7 Å². The average molecular weight is 206 g/mol. The van der Waals surface area contributed by atoms with Gasteiger partial charge in [0.25, 0.3) is 0 Å². The molecule has 1 aliphatic rings. The Hall–Kier alpha value is -1.02. The van der Waals surface area contributed by atoms with Crippen LogP contribution in [-0.4, -0.2) is 17.8 Å². The molecule has 0 saturated heterocycles. The van der Waals surface area contributed by atoms with Crippen LogP contribution in [0.4, 0.5) is 0 Å². The zero-order valence-electron chi connectivity index (χ0n) is 9.15. The lowest BCUT2D eigenvalue weighted by atomic mass is 9.96. The first-order valence-electron chi connectivity index (χ1n) is 5.67. The van der Waals surface area contributed by atoms with Crippen LogP contribution >= 0.6 is 0 Å². The minimum absolute atomic E-state index is 0.187. The summed E-state index contributed by atoms with van der Waals surface area (Å²) >= 11 is 0. The molecule has 0 aromatic heterocycles. The molecule has 0 spiro atoms. The van der Waals surface area contributed by atoms with Crippen LogP contribution in [0.2, 0.25) is 0 Å². The molecule has 1 atom stereocenters. The van der Waals surface area contributed by atoms with E-state index < -0.39 is 0 Å². The average Bonchev–Trinajstić information content (AvgIpc) is 2.23. The van der Waals surface area contributed by atoms with Crippen LogP contribution in [0.5, 0.6) is 5.75 Å². The van der Waals surface area contributed by atoms with E-state index in [1.54, 1.807) is 0 Å². The van der Waals surface area contributed by atoms with Gasteiger partial charge in [-0.25, -0.2) is 0 Å². The van der Waals surface area contributed by atoms with Crippen LogP contribution in [0.15, 0.2) is 24.3 Å². The maximum absolute atomic E-state index is 9.08. The second kappa shape index (κ2) is 4.67. The molecule has 2 rings (SSSR count). The molecule has 0 aliphatic heterocycles. The standard InChI is InChI=1S/C13H18O2/c1-10(9-14)11-4-2-7-13(8-11)15-12-5-3-6-12/h2,4,7-8,10,12,14H,3,5-6,9H2,1H3. The summed E-state index contributed by atoms with van der Waals surface area (Å²) in [5, 5.41) is 9.08. The lowest BCUT2D eigenvalue weighted by Crippen LogP contribution is -2.24. The van der Waals surface area contributed by atoms with Crippen molar-refractivity contribution in [3.63, 3.8) is 0 Å². The molecule has 1 aliphatic carbocycles. The van der Waals surface area contributed by atoms with Crippen molar-refractivity contribution < 1.29 is 9.84 Å². The molecule has 1 saturated carbocycles. The van der Waals surface area contributed by atoms with Crippen molar-refractivity contribution in [1.82, 2.24) is 0 Å². The summed E-state index contributed by atoms with van der Waals surface area (Å²) in [6.45, 7) is 2.20. The molecular weight excluding hydrogens is 188 g/mol. The summed E-state index contributed by atoms with van der Waals surface area (Å²) in [7, 11) is 0. The zero-order valence-corrected chi connectivity index (χ0v) is 9.15. The molecule has 1 unspecified atom stereocenters. The molecule has 2 heteroatoms. The zero-order chi connectivity index (χ0) is 10.7. The maximum Gasteiger partial charge on any atom is 0.120 e. The van der Waals surface area contributed by atoms with Crippen molar-refractivity contribution in [3.8, 4) is 5.75 Å². The SMILES string of the molecule is CC(CO)c1cccc(OC2CCC2)c1. The first-order valence-corrected chi connectivity index (χ1v) is 5.67. The van der Waals surface area contributed by atoms with E-state index in [4.69, 9.17) is 9.84 Å². The number of hydrogen-bond acceptors (Lipinski definition) is 2. The number of aliphatic hydroxyl groups is 1. The number of hydrogen-bond donors (Lipinski definition) is 1. The van der Waals surface area contributed by atoms with Crippen LogP contribution < -0.4 is 4.74 Å². The Bertz CT molecular complexity index is 318. The van der Waals surface area contributed by atoms with E-state index in [1.807, 2.05) is 31.2 Å². The summed E-state index contributed by atoms with van der Waals surface area (Å²) in [4.78, 5) is 0. The molecule has 0 bridgehead atoms. The number of rotatable bonds is 4. The van der Waals surface area contributed by atoms with Gasteiger partial charge in [-0.1, -0.05) is 19.1 Å². The van der Waals surface area contributed by atoms with E-state index in [0.29, 0.717) is 6.10 Å². The fourth-order valence-corrected chi connectivity index (χ4v) is 1.68. The Balaban J connectivity index is 2.04. The molecule has 82 valence electrons. The third-order valence-corrected chi connectivity index (χ3v) is 3.06. The first kappa shape index (κ1) is 10.5. The van der Waals surface area contributed by atoms with Gasteiger partial charge in [-0.05, 0) is 37.0 Å². The lowest BCUT2D eigenvalue weighted by molar-refractivity contribution is 0.120. The van der Waals surface area contributed by atoms with E-state index in [0.717, 1.165) is 11.3 Å². The number of ether oxygens (including phenoxy) is 1. The van der Waals surface area contributed by atoms with Gasteiger partial charge in [-0.3, -0.25) is 0 Å². The van der Waals surface area contributed by atoms with Crippen LogP contribution in [-0.2, 0) is 0 Å². The van der Waals surface area contributed by atoms with Gasteiger partial charge >= 0.3 is 0 Å². The first-order chi connectivity index (χ1) is 7.29. The fraction of sp³-hybridized carbons (Fsp3) is 0.538. The van der Waals surface area contributed by atoms with Crippen molar-refractivity contribution in [2.75, 3.05) is 6.61 Å². The molecular formula is C13H18O2. The van der Waals surface area contributed by atoms with Gasteiger partial charge in [0, 0.05) is 12.5 Å². The Kier molecular flexibility index (Phi) is 3.27. The third-order valence-electron chi connectivity index (χ3n) is 3.06. The van der Waals surface area contributed by atoms with Crippen LogP contribution in [0.3, 0.4) is 0 Å². The van der Waals surface area contributed by atoms with Crippen LogP contribution in [0.25, 0.3) is 0 Å². The van der Waals surface area contributed by atoms with Gasteiger partial charge in [0.2, 0.25) is 0 Å². The monoisotopic (exact) mass is 206 g/mol. The Morgan fingerprint density at radius 3 is 2.87 bits per heavy atom. The highest BCUT2D eigenvalue weighted by Crippen LogP contribution is 2.27. The summed E-state index contributed by atoms with van der Waals surface area (Å²) in [6.07, 6.45) is 4.07. The smallest absolute Gasteiger partial charge is 0.120 e. The van der Waals surface area contributed by atoms with E-state index in [9.17, 15) is 0 Å². The van der Waals surface area contributed by atoms with Gasteiger partial charge in [0.05, 0.1) is 6.10 Å². The Labute approximate surface area is 90.9 Å². The predicted molar refractivity (Wildman–Crippen MR) is 60.2 cm³/mol. The minimum Gasteiger partial charge on any atom is -0.490 e. The van der Waals surface area contributed by atoms with Crippen molar-refractivity contribution in [2.24, 2.45) is 0 Å². The van der Waals surface area contributed by atoms with Gasteiger partial charge < -0.3 is 9.84 Å². The van der Waals surface area contributed by atoms with Crippen LogP contribution in [0, 0.1) is 0 Å². The van der Waals surface area contributed by atoms with Gasteiger partial charge in [0.15, 0.2) is 0 Å². The highest BCUT2D eigenvalue weighted by Gasteiger charge is 2.19. The lowest BCUT2D eigenvalue weighted by Gasteiger charge is -2.26. The highest BCUT2D eigenvalue weighted by molar-refractivity contribution is 5.30. The molecule has 1 N–H and O–H groups in total. The molecule has 1 aromatic carbocycles. The quantitative estimate of drug-likeness (QED) is 0.820. The van der Waals surface area contributed by atoms with Gasteiger partial charge in [-0.2, -0.15) is 0 Å². The summed E-state index contributed by atoms with van der Waals surface area (Å²) in [5.74, 6) is 1.13. The minimum atomic E-state index is 0.187. The molecule has 2 nitrogen and oxygen atoms in total. The molecule has 0 radical (unpaired) electrons. The molecule has 0 amide bonds. The maximum atomic E-state index is 9.08. The van der Waals surface area contributed by atoms with E-state index in [-0.39, 0.29) is 12.5 Å². The summed E-state index contributed by atoms with van der Waals surface area (Å²) < 4.78 is 5.80. The molecule has 1 aromatic rings. The molecule has 1 fully saturated rings. The Morgan fingerprint density at radius 2 is 2.27 bits per heavy atom. The van der Waals surface area contributed by atoms with Gasteiger partial charge in [-0.15, -0.1) is 0 Å². The fourth-order valence-electron chi connectivity index (χ4n) is 1.68. The second-order valence-corrected chi connectivity index (χ2v) is 4.33. The third kappa shape index (κ3) is 2.51. The van der Waals surface area contributed by atoms with E-state index in [2.05, 4.69) is 0 Å². The Morgan fingerprint density at radius 1 is 1.47 bits per heavy atom.